The Kier molecular flexibility index (Phi) is 3.57. The van der Waals surface area contributed by atoms with E-state index < -0.39 is 11.7 Å². The predicted molar refractivity (Wildman–Crippen MR) is 64.2 cm³/mol. The van der Waals surface area contributed by atoms with Crippen molar-refractivity contribution in [3.8, 4) is 11.3 Å². The highest BCUT2D eigenvalue weighted by molar-refractivity contribution is 6.17. The molecular formula is C13H9ClF3N. The number of hydrogen-bond acceptors (Lipinski definition) is 1. The Morgan fingerprint density at radius 3 is 2.22 bits per heavy atom. The van der Waals surface area contributed by atoms with Crippen LogP contribution in [0.3, 0.4) is 0 Å². The molecule has 0 unspecified atom stereocenters. The summed E-state index contributed by atoms with van der Waals surface area (Å²) in [7, 11) is 0. The van der Waals surface area contributed by atoms with Gasteiger partial charge >= 0.3 is 6.18 Å². The van der Waals surface area contributed by atoms with Gasteiger partial charge in [-0.05, 0) is 12.1 Å². The highest BCUT2D eigenvalue weighted by Crippen LogP contribution is 2.33. The first-order valence-electron chi connectivity index (χ1n) is 5.21. The van der Waals surface area contributed by atoms with Gasteiger partial charge in [0.25, 0.3) is 0 Å². The topological polar surface area (TPSA) is 12.9 Å². The molecule has 18 heavy (non-hydrogen) atoms. The van der Waals surface area contributed by atoms with Gasteiger partial charge in [-0.25, -0.2) is 0 Å². The number of pyridine rings is 1. The summed E-state index contributed by atoms with van der Waals surface area (Å²) in [5, 5.41) is 0. The number of alkyl halides is 4. The van der Waals surface area contributed by atoms with Gasteiger partial charge in [0.05, 0.1) is 22.8 Å². The molecule has 0 bridgehead atoms. The standard InChI is InChI=1S/C13H9ClF3N/c14-8-12-10(13(15,16)17)6-7-11(18-12)9-4-2-1-3-5-9/h1-7H,8H2. The molecule has 0 radical (unpaired) electrons. The van der Waals surface area contributed by atoms with Crippen LogP contribution in [-0.4, -0.2) is 4.98 Å². The molecule has 0 saturated carbocycles. The van der Waals surface area contributed by atoms with E-state index in [1.54, 1.807) is 24.3 Å². The molecule has 0 N–H and O–H groups in total. The quantitative estimate of drug-likeness (QED) is 0.733. The maximum absolute atomic E-state index is 12.7. The van der Waals surface area contributed by atoms with Gasteiger partial charge < -0.3 is 0 Å². The zero-order valence-electron chi connectivity index (χ0n) is 9.21. The van der Waals surface area contributed by atoms with Crippen molar-refractivity contribution in [2.75, 3.05) is 0 Å². The number of rotatable bonds is 2. The molecule has 0 fully saturated rings. The molecule has 1 aromatic carbocycles. The van der Waals surface area contributed by atoms with E-state index in [-0.39, 0.29) is 11.6 Å². The van der Waals surface area contributed by atoms with Gasteiger partial charge in [0, 0.05) is 5.56 Å². The minimum Gasteiger partial charge on any atom is -0.251 e. The first kappa shape index (κ1) is 12.9. The van der Waals surface area contributed by atoms with Crippen molar-refractivity contribution in [1.29, 1.82) is 0 Å². The van der Waals surface area contributed by atoms with Gasteiger partial charge in [-0.1, -0.05) is 30.3 Å². The van der Waals surface area contributed by atoms with Crippen LogP contribution >= 0.6 is 11.6 Å². The molecule has 1 nitrogen and oxygen atoms in total. The van der Waals surface area contributed by atoms with Crippen molar-refractivity contribution < 1.29 is 13.2 Å². The smallest absolute Gasteiger partial charge is 0.251 e. The van der Waals surface area contributed by atoms with Crippen molar-refractivity contribution in [1.82, 2.24) is 4.98 Å². The third kappa shape index (κ3) is 2.64. The third-order valence-electron chi connectivity index (χ3n) is 2.48. The SMILES string of the molecule is FC(F)(F)c1ccc(-c2ccccc2)nc1CCl. The fourth-order valence-electron chi connectivity index (χ4n) is 1.63. The van der Waals surface area contributed by atoms with Crippen molar-refractivity contribution >= 4 is 11.6 Å². The highest BCUT2D eigenvalue weighted by Gasteiger charge is 2.33. The van der Waals surface area contributed by atoms with Crippen molar-refractivity contribution in [2.24, 2.45) is 0 Å². The zero-order chi connectivity index (χ0) is 13.2. The van der Waals surface area contributed by atoms with Crippen molar-refractivity contribution in [2.45, 2.75) is 12.1 Å². The van der Waals surface area contributed by atoms with Crippen LogP contribution in [0, 0.1) is 0 Å². The van der Waals surface area contributed by atoms with E-state index in [1.165, 1.54) is 6.07 Å². The summed E-state index contributed by atoms with van der Waals surface area (Å²) in [5.74, 6) is -0.268. The summed E-state index contributed by atoms with van der Waals surface area (Å²) in [6, 6.07) is 11.4. The van der Waals surface area contributed by atoms with Crippen LogP contribution in [0.5, 0.6) is 0 Å². The molecule has 0 aliphatic rings. The molecule has 0 atom stereocenters. The number of nitrogens with zero attached hydrogens (tertiary/aromatic N) is 1. The lowest BCUT2D eigenvalue weighted by Gasteiger charge is -2.11. The van der Waals surface area contributed by atoms with Gasteiger partial charge in [0.2, 0.25) is 0 Å². The van der Waals surface area contributed by atoms with E-state index in [9.17, 15) is 13.2 Å². The minimum atomic E-state index is -4.42. The second-order valence-electron chi connectivity index (χ2n) is 3.69. The Labute approximate surface area is 107 Å². The van der Waals surface area contributed by atoms with Crippen LogP contribution in [0.2, 0.25) is 0 Å². The molecule has 0 aliphatic heterocycles. The summed E-state index contributed by atoms with van der Waals surface area (Å²) in [4.78, 5) is 3.98. The number of aromatic nitrogens is 1. The lowest BCUT2D eigenvalue weighted by Crippen LogP contribution is -2.10. The normalized spacial score (nSPS) is 11.6. The maximum atomic E-state index is 12.7. The monoisotopic (exact) mass is 271 g/mol. The van der Waals surface area contributed by atoms with E-state index in [0.717, 1.165) is 11.6 Å². The van der Waals surface area contributed by atoms with Gasteiger partial charge in [-0.2, -0.15) is 13.2 Å². The molecule has 94 valence electrons. The van der Waals surface area contributed by atoms with E-state index in [4.69, 9.17) is 11.6 Å². The second-order valence-corrected chi connectivity index (χ2v) is 3.96. The molecule has 1 heterocycles. The van der Waals surface area contributed by atoms with Gasteiger partial charge in [-0.15, -0.1) is 11.6 Å². The summed E-state index contributed by atoms with van der Waals surface area (Å²) in [5.41, 5.74) is 0.319. The van der Waals surface area contributed by atoms with E-state index in [0.29, 0.717) is 5.69 Å². The molecule has 0 aliphatic carbocycles. The average Bonchev–Trinajstić information content (AvgIpc) is 2.38. The van der Waals surface area contributed by atoms with E-state index in [1.807, 2.05) is 6.07 Å². The van der Waals surface area contributed by atoms with Gasteiger partial charge in [0.1, 0.15) is 0 Å². The Balaban J connectivity index is 2.49. The van der Waals surface area contributed by atoms with Crippen LogP contribution in [0.1, 0.15) is 11.3 Å². The lowest BCUT2D eigenvalue weighted by atomic mass is 10.1. The van der Waals surface area contributed by atoms with Crippen molar-refractivity contribution in [3.63, 3.8) is 0 Å². The summed E-state index contributed by atoms with van der Waals surface area (Å²) in [6.45, 7) is 0. The Morgan fingerprint density at radius 1 is 1.00 bits per heavy atom. The molecule has 2 aromatic rings. The first-order chi connectivity index (χ1) is 8.52. The van der Waals surface area contributed by atoms with Crippen molar-refractivity contribution in [3.05, 3.63) is 53.7 Å². The largest absolute Gasteiger partial charge is 0.418 e. The number of hydrogen-bond donors (Lipinski definition) is 0. The Hall–Kier alpha value is -1.55. The number of benzene rings is 1. The summed E-state index contributed by atoms with van der Waals surface area (Å²) in [6.07, 6.45) is -4.42. The number of halogens is 4. The molecular weight excluding hydrogens is 263 g/mol. The van der Waals surface area contributed by atoms with E-state index in [2.05, 4.69) is 4.98 Å². The molecule has 0 saturated heterocycles. The molecule has 1 aromatic heterocycles. The van der Waals surface area contributed by atoms with Gasteiger partial charge in [-0.3, -0.25) is 4.98 Å². The molecule has 0 spiro atoms. The second kappa shape index (κ2) is 4.98. The first-order valence-corrected chi connectivity index (χ1v) is 5.74. The van der Waals surface area contributed by atoms with Crippen LogP contribution < -0.4 is 0 Å². The van der Waals surface area contributed by atoms with Crippen LogP contribution in [0.15, 0.2) is 42.5 Å². The lowest BCUT2D eigenvalue weighted by molar-refractivity contribution is -0.138. The van der Waals surface area contributed by atoms with Crippen LogP contribution in [0.4, 0.5) is 13.2 Å². The fraction of sp³-hybridized carbons (Fsp3) is 0.154. The highest BCUT2D eigenvalue weighted by atomic mass is 35.5. The Morgan fingerprint density at radius 2 is 1.67 bits per heavy atom. The van der Waals surface area contributed by atoms with E-state index >= 15 is 0 Å². The average molecular weight is 272 g/mol. The molecule has 5 heteroatoms. The summed E-state index contributed by atoms with van der Waals surface area (Å²) < 4.78 is 38.0. The fourth-order valence-corrected chi connectivity index (χ4v) is 1.83. The molecule has 2 rings (SSSR count). The van der Waals surface area contributed by atoms with Crippen LogP contribution in [0.25, 0.3) is 11.3 Å². The van der Waals surface area contributed by atoms with Gasteiger partial charge in [0.15, 0.2) is 0 Å². The predicted octanol–water partition coefficient (Wildman–Crippen LogP) is 4.51. The minimum absolute atomic E-state index is 0.148. The van der Waals surface area contributed by atoms with Crippen LogP contribution in [-0.2, 0) is 12.1 Å². The zero-order valence-corrected chi connectivity index (χ0v) is 9.96. The third-order valence-corrected chi connectivity index (χ3v) is 2.73. The molecule has 0 amide bonds. The summed E-state index contributed by atoms with van der Waals surface area (Å²) >= 11 is 5.54. The maximum Gasteiger partial charge on any atom is 0.418 e. The Bertz CT molecular complexity index is 538.